The summed E-state index contributed by atoms with van der Waals surface area (Å²) < 4.78 is 30.7. The Hall–Kier alpha value is -2.69. The molecule has 0 spiro atoms. The monoisotopic (exact) mass is 409 g/mol. The minimum Gasteiger partial charge on any atom is -0.421 e. The van der Waals surface area contributed by atoms with E-state index >= 15 is 0 Å². The van der Waals surface area contributed by atoms with Gasteiger partial charge in [-0.1, -0.05) is 22.4 Å². The van der Waals surface area contributed by atoms with Gasteiger partial charge in [0.1, 0.15) is 0 Å². The molecule has 2 heterocycles. The van der Waals surface area contributed by atoms with Gasteiger partial charge in [-0.25, -0.2) is 13.2 Å². The summed E-state index contributed by atoms with van der Waals surface area (Å²) in [4.78, 5) is 25.7. The second-order valence-corrected chi connectivity index (χ2v) is 8.53. The van der Waals surface area contributed by atoms with E-state index in [4.69, 9.17) is 11.6 Å². The Morgan fingerprint density at radius 1 is 1.19 bits per heavy atom. The lowest BCUT2D eigenvalue weighted by molar-refractivity contribution is 0.162. The number of aromatic nitrogens is 3. The number of aromatic amines is 1. The van der Waals surface area contributed by atoms with Crippen LogP contribution in [-0.2, 0) is 9.84 Å². The van der Waals surface area contributed by atoms with Crippen molar-refractivity contribution in [3.05, 3.63) is 62.4 Å². The van der Waals surface area contributed by atoms with Crippen LogP contribution in [0.15, 0.2) is 55.9 Å². The summed E-state index contributed by atoms with van der Waals surface area (Å²) >= 11 is 7.12. The lowest BCUT2D eigenvalue weighted by atomic mass is 10.2. The number of nitrogens with zero attached hydrogens (tertiary/aromatic N) is 2. The average molecular weight is 410 g/mol. The number of benzene rings is 2. The van der Waals surface area contributed by atoms with Crippen molar-refractivity contribution in [1.82, 2.24) is 14.1 Å². The Morgan fingerprint density at radius 2 is 1.96 bits per heavy atom. The van der Waals surface area contributed by atoms with Crippen LogP contribution in [0.1, 0.15) is 0 Å². The zero-order valence-corrected chi connectivity index (χ0v) is 15.0. The highest BCUT2D eigenvalue weighted by atomic mass is 35.5. The first kappa shape index (κ1) is 16.8. The number of halogens is 1. The maximum absolute atomic E-state index is 13.1. The van der Waals surface area contributed by atoms with Crippen LogP contribution in [0.4, 0.5) is 0 Å². The first-order valence-electron chi connectivity index (χ1n) is 7.07. The lowest BCUT2D eigenvalue weighted by Gasteiger charge is -2.09. The van der Waals surface area contributed by atoms with Crippen LogP contribution in [0.25, 0.3) is 21.0 Å². The summed E-state index contributed by atoms with van der Waals surface area (Å²) in [7, 11) is -4.08. The molecule has 132 valence electrons. The SMILES string of the molecule is O=c1[nH]c2c(S(=O)(=O)c3ccc4cnsc4c3)ccc(Cl)c2c(=O)n1O. The molecule has 0 radical (unpaired) electrons. The van der Waals surface area contributed by atoms with Gasteiger partial charge in [-0.2, -0.15) is 4.37 Å². The molecule has 4 rings (SSSR count). The van der Waals surface area contributed by atoms with Gasteiger partial charge in [0.25, 0.3) is 5.56 Å². The van der Waals surface area contributed by atoms with Crippen molar-refractivity contribution in [2.75, 3.05) is 0 Å². The van der Waals surface area contributed by atoms with Crippen LogP contribution in [-0.4, -0.2) is 27.7 Å². The molecular formula is C15H8ClN3O5S2. The van der Waals surface area contributed by atoms with E-state index < -0.39 is 21.1 Å². The van der Waals surface area contributed by atoms with E-state index in [0.717, 1.165) is 16.9 Å². The summed E-state index contributed by atoms with van der Waals surface area (Å²) in [5.41, 5.74) is -2.54. The maximum Gasteiger partial charge on any atom is 0.362 e. The molecule has 11 heteroatoms. The van der Waals surface area contributed by atoms with E-state index in [1.807, 2.05) is 0 Å². The molecule has 26 heavy (non-hydrogen) atoms. The van der Waals surface area contributed by atoms with Crippen molar-refractivity contribution in [2.24, 2.45) is 0 Å². The van der Waals surface area contributed by atoms with Gasteiger partial charge in [0, 0.05) is 11.6 Å². The summed E-state index contributed by atoms with van der Waals surface area (Å²) in [6, 6.07) is 6.93. The van der Waals surface area contributed by atoms with E-state index in [0.29, 0.717) is 4.70 Å². The van der Waals surface area contributed by atoms with Crippen molar-refractivity contribution in [2.45, 2.75) is 9.79 Å². The van der Waals surface area contributed by atoms with Crippen molar-refractivity contribution in [3.63, 3.8) is 0 Å². The van der Waals surface area contributed by atoms with Crippen molar-refractivity contribution in [1.29, 1.82) is 0 Å². The summed E-state index contributed by atoms with van der Waals surface area (Å²) in [5.74, 6) is 0. The van der Waals surface area contributed by atoms with Crippen LogP contribution < -0.4 is 11.2 Å². The van der Waals surface area contributed by atoms with Crippen LogP contribution in [0.5, 0.6) is 0 Å². The molecule has 0 unspecified atom stereocenters. The predicted octanol–water partition coefficient (Wildman–Crippen LogP) is 2.02. The molecule has 0 bridgehead atoms. The van der Waals surface area contributed by atoms with Gasteiger partial charge in [0.15, 0.2) is 0 Å². The molecule has 8 nitrogen and oxygen atoms in total. The fourth-order valence-corrected chi connectivity index (χ4v) is 5.05. The molecule has 0 atom stereocenters. The Labute approximate surface area is 154 Å². The number of hydrogen-bond donors (Lipinski definition) is 2. The number of H-pyrrole nitrogens is 1. The molecule has 0 amide bonds. The van der Waals surface area contributed by atoms with E-state index in [1.54, 1.807) is 12.3 Å². The van der Waals surface area contributed by atoms with E-state index in [-0.39, 0.29) is 30.4 Å². The Morgan fingerprint density at radius 3 is 2.73 bits per heavy atom. The van der Waals surface area contributed by atoms with Gasteiger partial charge in [-0.15, -0.1) is 0 Å². The Balaban J connectivity index is 2.09. The van der Waals surface area contributed by atoms with Gasteiger partial charge in [-0.05, 0) is 35.8 Å². The quantitative estimate of drug-likeness (QED) is 0.488. The molecule has 0 aliphatic carbocycles. The number of rotatable bonds is 2. The minimum atomic E-state index is -4.08. The van der Waals surface area contributed by atoms with Gasteiger partial charge in [-0.3, -0.25) is 4.79 Å². The second kappa shape index (κ2) is 5.66. The summed E-state index contributed by atoms with van der Waals surface area (Å²) in [5, 5.41) is 9.88. The molecule has 0 fully saturated rings. The summed E-state index contributed by atoms with van der Waals surface area (Å²) in [6.07, 6.45) is 1.62. The van der Waals surface area contributed by atoms with Crippen molar-refractivity contribution in [3.8, 4) is 0 Å². The van der Waals surface area contributed by atoms with E-state index in [2.05, 4.69) is 9.36 Å². The predicted molar refractivity (Wildman–Crippen MR) is 96.1 cm³/mol. The van der Waals surface area contributed by atoms with E-state index in [1.165, 1.54) is 24.3 Å². The fourth-order valence-electron chi connectivity index (χ4n) is 2.61. The maximum atomic E-state index is 13.1. The lowest BCUT2D eigenvalue weighted by Crippen LogP contribution is -2.33. The Bertz CT molecular complexity index is 1420. The highest BCUT2D eigenvalue weighted by Crippen LogP contribution is 2.31. The van der Waals surface area contributed by atoms with Crippen LogP contribution in [0, 0.1) is 0 Å². The third kappa shape index (κ3) is 2.34. The van der Waals surface area contributed by atoms with Crippen molar-refractivity contribution < 1.29 is 13.6 Å². The highest BCUT2D eigenvalue weighted by Gasteiger charge is 2.24. The largest absolute Gasteiger partial charge is 0.421 e. The molecule has 2 N–H and O–H groups in total. The number of nitrogens with one attached hydrogen (secondary N) is 1. The molecule has 2 aromatic carbocycles. The minimum absolute atomic E-state index is 0.0214. The average Bonchev–Trinajstić information content (AvgIpc) is 3.07. The third-order valence-electron chi connectivity index (χ3n) is 3.87. The normalized spacial score (nSPS) is 12.0. The van der Waals surface area contributed by atoms with Crippen LogP contribution in [0.3, 0.4) is 0 Å². The molecule has 0 saturated carbocycles. The van der Waals surface area contributed by atoms with Crippen LogP contribution in [0.2, 0.25) is 5.02 Å². The van der Waals surface area contributed by atoms with Crippen molar-refractivity contribution >= 4 is 54.0 Å². The topological polar surface area (TPSA) is 122 Å². The smallest absolute Gasteiger partial charge is 0.362 e. The summed E-state index contributed by atoms with van der Waals surface area (Å²) in [6.45, 7) is 0. The number of sulfone groups is 1. The standard InChI is InChI=1S/C15H8ClN3O5S2/c16-9-3-4-11(13-12(9)14(20)19(22)15(21)18-13)26(23,24)8-2-1-7-6-17-25-10(7)5-8/h1-6,22H,(H,18,21). The van der Waals surface area contributed by atoms with E-state index in [9.17, 15) is 23.2 Å². The first-order chi connectivity index (χ1) is 12.3. The third-order valence-corrected chi connectivity index (χ3v) is 6.74. The molecule has 2 aromatic heterocycles. The molecular weight excluding hydrogens is 402 g/mol. The number of hydrogen-bond acceptors (Lipinski definition) is 7. The fraction of sp³-hybridized carbons (Fsp3) is 0. The Kier molecular flexibility index (Phi) is 3.65. The zero-order valence-electron chi connectivity index (χ0n) is 12.6. The first-order valence-corrected chi connectivity index (χ1v) is 9.70. The number of fused-ring (bicyclic) bond motifs is 2. The molecule has 4 aromatic rings. The van der Waals surface area contributed by atoms with Gasteiger partial charge < -0.3 is 10.2 Å². The molecule has 0 aliphatic rings. The second-order valence-electron chi connectivity index (χ2n) is 5.37. The van der Waals surface area contributed by atoms with Crippen LogP contribution >= 0.6 is 23.1 Å². The van der Waals surface area contributed by atoms with Gasteiger partial charge in [0.2, 0.25) is 9.84 Å². The molecule has 0 saturated heterocycles. The van der Waals surface area contributed by atoms with Gasteiger partial charge >= 0.3 is 5.69 Å². The highest BCUT2D eigenvalue weighted by molar-refractivity contribution is 7.91. The molecule has 0 aliphatic heterocycles. The van der Waals surface area contributed by atoms with Gasteiger partial charge in [0.05, 0.1) is 30.4 Å². The zero-order chi connectivity index (χ0) is 18.6.